The number of nitrogens with one attached hydrogen (secondary N) is 1. The molecule has 0 saturated carbocycles. The van der Waals surface area contributed by atoms with Crippen molar-refractivity contribution in [2.45, 2.75) is 26.0 Å². The number of esters is 1. The first-order valence-corrected chi connectivity index (χ1v) is 9.57. The Bertz CT molecular complexity index is 1240. The van der Waals surface area contributed by atoms with Gasteiger partial charge in [-0.2, -0.15) is 0 Å². The zero-order chi connectivity index (χ0) is 20.1. The molecule has 5 rings (SSSR count). The molecule has 2 aromatic heterocycles. The number of hydrogen-bond donors (Lipinski definition) is 1. The number of azide groups is 1. The van der Waals surface area contributed by atoms with E-state index >= 15 is 0 Å². The van der Waals surface area contributed by atoms with Gasteiger partial charge in [0.15, 0.2) is 12.7 Å². The molecule has 0 spiro atoms. The van der Waals surface area contributed by atoms with Gasteiger partial charge in [0.2, 0.25) is 5.69 Å². The second kappa shape index (κ2) is 6.53. The molecule has 146 valence electrons. The lowest BCUT2D eigenvalue weighted by Crippen LogP contribution is -2.53. The van der Waals surface area contributed by atoms with E-state index in [-0.39, 0.29) is 23.9 Å². The number of hydrogen-bond acceptors (Lipinski definition) is 4. The van der Waals surface area contributed by atoms with E-state index in [4.69, 9.17) is 15.0 Å². The molecule has 3 aromatic rings. The molecule has 8 nitrogen and oxygen atoms in total. The number of pyridine rings is 1. The van der Waals surface area contributed by atoms with Crippen LogP contribution in [0.25, 0.3) is 32.2 Å². The van der Waals surface area contributed by atoms with Crippen LogP contribution in [-0.2, 0) is 27.2 Å². The highest BCUT2D eigenvalue weighted by Gasteiger charge is 2.45. The lowest BCUT2D eigenvalue weighted by atomic mass is 9.76. The van der Waals surface area contributed by atoms with Gasteiger partial charge in [0.05, 0.1) is 36.1 Å². The average Bonchev–Trinajstić information content (AvgIpc) is 3.13. The molecule has 8 heteroatoms. The second-order valence-electron chi connectivity index (χ2n) is 7.60. The Kier molecular flexibility index (Phi) is 3.96. The van der Waals surface area contributed by atoms with Gasteiger partial charge in [-0.05, 0) is 12.5 Å². The van der Waals surface area contributed by atoms with Crippen molar-refractivity contribution in [3.8, 4) is 0 Å². The summed E-state index contributed by atoms with van der Waals surface area (Å²) in [6.45, 7) is 2.80. The number of methoxy groups -OCH3 is 1. The molecule has 3 atom stereocenters. The highest BCUT2D eigenvalue weighted by molar-refractivity contribution is 6.10. The van der Waals surface area contributed by atoms with Crippen LogP contribution in [0.2, 0.25) is 0 Å². The fourth-order valence-corrected chi connectivity index (χ4v) is 4.76. The minimum absolute atomic E-state index is 0.0176. The van der Waals surface area contributed by atoms with Gasteiger partial charge in [-0.15, -0.1) is 0 Å². The molecule has 0 radical (unpaired) electrons. The number of aromatic nitrogens is 2. The third kappa shape index (κ3) is 2.57. The maximum Gasteiger partial charge on any atom is 0.337 e. The summed E-state index contributed by atoms with van der Waals surface area (Å²) in [4.78, 5) is 18.7. The summed E-state index contributed by atoms with van der Waals surface area (Å²) >= 11 is 0. The quantitative estimate of drug-likeness (QED) is 0.236. The Labute approximate surface area is 166 Å². The molecule has 2 aliphatic rings. The molecule has 0 saturated heterocycles. The largest absolute Gasteiger partial charge is 0.497 e. The standard InChI is InChI=1S/C21H19N5O3/c1-11-15-9-26-7-6-13-12-4-3-5-17(24-25-22)19(12)23-20(13)18(26)8-14(15)16(10-29-11)21(27)28-2/h3-7,10-11,14-15H,8-9H2,1-2H3/p+1/t11-,14-,15+/m0/s1. The number of aromatic amines is 1. The predicted octanol–water partition coefficient (Wildman–Crippen LogP) is 3.81. The Morgan fingerprint density at radius 1 is 1.34 bits per heavy atom. The molecule has 0 amide bonds. The third-order valence-corrected chi connectivity index (χ3v) is 6.23. The summed E-state index contributed by atoms with van der Waals surface area (Å²) in [6, 6.07) is 7.79. The van der Waals surface area contributed by atoms with Gasteiger partial charge in [-0.3, -0.25) is 0 Å². The van der Waals surface area contributed by atoms with E-state index in [1.807, 2.05) is 19.1 Å². The minimum Gasteiger partial charge on any atom is -0.497 e. The van der Waals surface area contributed by atoms with Crippen LogP contribution in [0.3, 0.4) is 0 Å². The topological polar surface area (TPSA) is 104 Å². The van der Waals surface area contributed by atoms with Gasteiger partial charge in [-0.1, -0.05) is 23.3 Å². The molecule has 0 bridgehead atoms. The summed E-state index contributed by atoms with van der Waals surface area (Å²) in [5, 5.41) is 5.91. The normalized spacial score (nSPS) is 22.8. The zero-order valence-corrected chi connectivity index (χ0v) is 16.1. The van der Waals surface area contributed by atoms with Crippen LogP contribution in [0, 0.1) is 11.8 Å². The monoisotopic (exact) mass is 390 g/mol. The van der Waals surface area contributed by atoms with E-state index in [0.717, 1.165) is 34.0 Å². The SMILES string of the molecule is COC(=O)C1=CO[C@@H](C)[C@H]2C[n+]3ccc4c([nH]c5c(N=[N+]=[N-])cccc54)c3C[C@H]12. The molecular formula is C21H20N5O3+. The van der Waals surface area contributed by atoms with Crippen LogP contribution in [0.1, 0.15) is 12.6 Å². The molecule has 29 heavy (non-hydrogen) atoms. The number of ether oxygens (including phenoxy) is 2. The summed E-state index contributed by atoms with van der Waals surface area (Å²) in [5.41, 5.74) is 13.0. The van der Waals surface area contributed by atoms with E-state index < -0.39 is 0 Å². The molecule has 1 N–H and O–H groups in total. The highest BCUT2D eigenvalue weighted by Crippen LogP contribution is 2.39. The first-order valence-electron chi connectivity index (χ1n) is 9.57. The van der Waals surface area contributed by atoms with Crippen LogP contribution < -0.4 is 4.57 Å². The highest BCUT2D eigenvalue weighted by atomic mass is 16.5. The van der Waals surface area contributed by atoms with Crippen molar-refractivity contribution in [2.75, 3.05) is 7.11 Å². The van der Waals surface area contributed by atoms with Gasteiger partial charge in [-0.25, -0.2) is 9.36 Å². The fourth-order valence-electron chi connectivity index (χ4n) is 4.76. The van der Waals surface area contributed by atoms with E-state index in [1.165, 1.54) is 7.11 Å². The maximum atomic E-state index is 12.3. The van der Waals surface area contributed by atoms with Crippen molar-refractivity contribution in [3.05, 3.63) is 58.4 Å². The molecule has 4 heterocycles. The number of para-hydroxylation sites is 1. The first kappa shape index (κ1) is 17.6. The molecular weight excluding hydrogens is 370 g/mol. The smallest absolute Gasteiger partial charge is 0.337 e. The average molecular weight is 390 g/mol. The molecule has 0 fully saturated rings. The van der Waals surface area contributed by atoms with Gasteiger partial charge in [0, 0.05) is 34.1 Å². The summed E-state index contributed by atoms with van der Waals surface area (Å²) < 4.78 is 13.0. The van der Waals surface area contributed by atoms with Crippen LogP contribution in [0.15, 0.2) is 47.4 Å². The van der Waals surface area contributed by atoms with Crippen LogP contribution in [-0.4, -0.2) is 24.2 Å². The predicted molar refractivity (Wildman–Crippen MR) is 106 cm³/mol. The fraction of sp³-hybridized carbons (Fsp3) is 0.333. The number of benzene rings is 1. The third-order valence-electron chi connectivity index (χ3n) is 6.23. The maximum absolute atomic E-state index is 12.3. The molecule has 1 aromatic carbocycles. The van der Waals surface area contributed by atoms with Crippen LogP contribution in [0.5, 0.6) is 0 Å². The molecule has 0 unspecified atom stereocenters. The molecule has 0 aliphatic carbocycles. The van der Waals surface area contributed by atoms with Crippen molar-refractivity contribution >= 4 is 33.5 Å². The summed E-state index contributed by atoms with van der Waals surface area (Å²) in [6.07, 6.45) is 4.37. The van der Waals surface area contributed by atoms with Crippen molar-refractivity contribution in [1.82, 2.24) is 4.98 Å². The van der Waals surface area contributed by atoms with E-state index in [9.17, 15) is 4.79 Å². The van der Waals surface area contributed by atoms with Crippen LogP contribution >= 0.6 is 0 Å². The Balaban J connectivity index is 1.70. The van der Waals surface area contributed by atoms with E-state index in [2.05, 4.69) is 31.8 Å². The van der Waals surface area contributed by atoms with Gasteiger partial charge >= 0.3 is 5.97 Å². The second-order valence-corrected chi connectivity index (χ2v) is 7.60. The Hall–Kier alpha value is -3.51. The zero-order valence-electron chi connectivity index (χ0n) is 16.1. The van der Waals surface area contributed by atoms with Gasteiger partial charge in [0.1, 0.15) is 11.6 Å². The lowest BCUT2D eigenvalue weighted by molar-refractivity contribution is -0.717. The van der Waals surface area contributed by atoms with Gasteiger partial charge in [0.25, 0.3) is 0 Å². The number of fused-ring (bicyclic) bond motifs is 6. The summed E-state index contributed by atoms with van der Waals surface area (Å²) in [7, 11) is 1.40. The Morgan fingerprint density at radius 2 is 2.17 bits per heavy atom. The minimum atomic E-state index is -0.338. The Morgan fingerprint density at radius 3 is 2.97 bits per heavy atom. The number of nitrogens with zero attached hydrogens (tertiary/aromatic N) is 4. The van der Waals surface area contributed by atoms with E-state index in [1.54, 1.807) is 12.3 Å². The van der Waals surface area contributed by atoms with Gasteiger partial charge < -0.3 is 14.5 Å². The van der Waals surface area contributed by atoms with Crippen molar-refractivity contribution < 1.29 is 18.8 Å². The van der Waals surface area contributed by atoms with Crippen molar-refractivity contribution in [2.24, 2.45) is 17.0 Å². The lowest BCUT2D eigenvalue weighted by Gasteiger charge is -2.36. The van der Waals surface area contributed by atoms with Crippen molar-refractivity contribution in [3.63, 3.8) is 0 Å². The van der Waals surface area contributed by atoms with E-state index in [0.29, 0.717) is 17.7 Å². The number of rotatable bonds is 2. The number of carbonyl (C=O) groups is 1. The summed E-state index contributed by atoms with van der Waals surface area (Å²) in [5.74, 6) is -0.123. The molecule has 2 aliphatic heterocycles. The number of H-pyrrole nitrogens is 1. The van der Waals surface area contributed by atoms with Crippen molar-refractivity contribution in [1.29, 1.82) is 0 Å². The number of carbonyl (C=O) groups excluding carboxylic acids is 1. The first-order chi connectivity index (χ1) is 14.1. The van der Waals surface area contributed by atoms with Crippen LogP contribution in [0.4, 0.5) is 5.69 Å².